The number of rotatable bonds is 6. The van der Waals surface area contributed by atoms with Gasteiger partial charge in [-0.25, -0.2) is 14.4 Å². The molecule has 0 aliphatic carbocycles. The molecule has 0 aliphatic rings. The molecule has 0 aliphatic heterocycles. The van der Waals surface area contributed by atoms with Crippen LogP contribution in [0, 0.1) is 5.82 Å². The Balaban J connectivity index is 1.72. The minimum absolute atomic E-state index is 0.142. The van der Waals surface area contributed by atoms with Crippen molar-refractivity contribution in [3.63, 3.8) is 0 Å². The van der Waals surface area contributed by atoms with Gasteiger partial charge in [0.05, 0.1) is 5.75 Å². The zero-order valence-corrected chi connectivity index (χ0v) is 12.6. The third kappa shape index (κ3) is 5.21. The second-order valence-corrected chi connectivity index (χ2v) is 5.46. The van der Waals surface area contributed by atoms with Crippen LogP contribution < -0.4 is 16.8 Å². The van der Waals surface area contributed by atoms with Crippen molar-refractivity contribution in [1.82, 2.24) is 15.3 Å². The Bertz CT molecular complexity index is 630. The van der Waals surface area contributed by atoms with E-state index in [1.165, 1.54) is 18.2 Å². The standard InChI is InChI=1S/C14H16FN5OS/c15-10-3-1-9(2-4-10)5-6-18-13(21)8-22-14-19-11(16)7-12(17)20-14/h1-4,7H,5-6,8H2,(H,18,21)(H4,16,17,19,20). The number of nitrogen functional groups attached to an aromatic ring is 2. The minimum atomic E-state index is -0.273. The molecule has 5 N–H and O–H groups in total. The van der Waals surface area contributed by atoms with Crippen LogP contribution in [0.25, 0.3) is 0 Å². The number of hydrogen-bond acceptors (Lipinski definition) is 6. The monoisotopic (exact) mass is 321 g/mol. The smallest absolute Gasteiger partial charge is 0.230 e. The van der Waals surface area contributed by atoms with E-state index < -0.39 is 0 Å². The molecule has 0 bridgehead atoms. The first-order chi connectivity index (χ1) is 10.5. The maximum absolute atomic E-state index is 12.8. The summed E-state index contributed by atoms with van der Waals surface area (Å²) in [7, 11) is 0. The summed E-state index contributed by atoms with van der Waals surface area (Å²) in [6, 6.07) is 7.63. The second-order valence-electron chi connectivity index (χ2n) is 4.52. The predicted molar refractivity (Wildman–Crippen MR) is 84.7 cm³/mol. The Morgan fingerprint density at radius 2 is 1.82 bits per heavy atom. The van der Waals surface area contributed by atoms with Crippen LogP contribution in [0.3, 0.4) is 0 Å². The number of carbonyl (C=O) groups excluding carboxylic acids is 1. The molecule has 6 nitrogen and oxygen atoms in total. The summed E-state index contributed by atoms with van der Waals surface area (Å²) in [5.41, 5.74) is 12.1. The molecule has 1 heterocycles. The van der Waals surface area contributed by atoms with Crippen LogP contribution >= 0.6 is 11.8 Å². The normalized spacial score (nSPS) is 10.4. The predicted octanol–water partition coefficient (Wildman–Crippen LogP) is 1.23. The summed E-state index contributed by atoms with van der Waals surface area (Å²) < 4.78 is 12.8. The van der Waals surface area contributed by atoms with Gasteiger partial charge in [0.1, 0.15) is 17.5 Å². The summed E-state index contributed by atoms with van der Waals surface area (Å²) in [4.78, 5) is 19.7. The van der Waals surface area contributed by atoms with Gasteiger partial charge in [-0.1, -0.05) is 23.9 Å². The number of nitrogens with zero attached hydrogens (tertiary/aromatic N) is 2. The topological polar surface area (TPSA) is 107 Å². The highest BCUT2D eigenvalue weighted by Gasteiger charge is 2.06. The zero-order valence-electron chi connectivity index (χ0n) is 11.8. The molecule has 8 heteroatoms. The number of benzene rings is 1. The average Bonchev–Trinajstić information content (AvgIpc) is 2.46. The van der Waals surface area contributed by atoms with Gasteiger partial charge in [0, 0.05) is 12.6 Å². The van der Waals surface area contributed by atoms with Crippen LogP contribution in [0.1, 0.15) is 5.56 Å². The fourth-order valence-electron chi connectivity index (χ4n) is 1.70. The highest BCUT2D eigenvalue weighted by atomic mass is 32.2. The number of amides is 1. The molecule has 1 amide bonds. The lowest BCUT2D eigenvalue weighted by Crippen LogP contribution is -2.27. The van der Waals surface area contributed by atoms with Gasteiger partial charge in [-0.2, -0.15) is 0 Å². The van der Waals surface area contributed by atoms with Gasteiger partial charge in [-0.3, -0.25) is 4.79 Å². The number of nitrogens with two attached hydrogens (primary N) is 2. The first-order valence-corrected chi connectivity index (χ1v) is 7.55. The molecule has 2 aromatic rings. The molecule has 116 valence electrons. The molecule has 22 heavy (non-hydrogen) atoms. The maximum atomic E-state index is 12.8. The van der Waals surface area contributed by atoms with Crippen LogP contribution in [0.5, 0.6) is 0 Å². The third-order valence-electron chi connectivity index (χ3n) is 2.73. The van der Waals surface area contributed by atoms with Gasteiger partial charge in [-0.05, 0) is 24.1 Å². The Hall–Kier alpha value is -2.35. The van der Waals surface area contributed by atoms with E-state index >= 15 is 0 Å². The van der Waals surface area contributed by atoms with Crippen molar-refractivity contribution in [2.75, 3.05) is 23.8 Å². The largest absolute Gasteiger partial charge is 0.383 e. The van der Waals surface area contributed by atoms with Crippen LogP contribution in [-0.2, 0) is 11.2 Å². The number of aromatic nitrogens is 2. The first-order valence-electron chi connectivity index (χ1n) is 6.57. The van der Waals surface area contributed by atoms with Crippen molar-refractivity contribution in [1.29, 1.82) is 0 Å². The molecule has 0 saturated carbocycles. The van der Waals surface area contributed by atoms with Crippen molar-refractivity contribution >= 4 is 29.3 Å². The SMILES string of the molecule is Nc1cc(N)nc(SCC(=O)NCCc2ccc(F)cc2)n1. The van der Waals surface area contributed by atoms with E-state index in [1.54, 1.807) is 12.1 Å². The highest BCUT2D eigenvalue weighted by molar-refractivity contribution is 7.99. The lowest BCUT2D eigenvalue weighted by atomic mass is 10.1. The summed E-state index contributed by atoms with van der Waals surface area (Å²) in [6.45, 7) is 0.477. The molecule has 1 aromatic carbocycles. The van der Waals surface area contributed by atoms with Gasteiger partial charge < -0.3 is 16.8 Å². The molecule has 0 unspecified atom stereocenters. The Kier molecular flexibility index (Phi) is 5.54. The van der Waals surface area contributed by atoms with E-state index in [-0.39, 0.29) is 29.1 Å². The van der Waals surface area contributed by atoms with E-state index in [0.29, 0.717) is 18.1 Å². The van der Waals surface area contributed by atoms with Crippen LogP contribution in [0.15, 0.2) is 35.5 Å². The molecule has 2 rings (SSSR count). The fourth-order valence-corrected chi connectivity index (χ4v) is 2.41. The van der Waals surface area contributed by atoms with Crippen LogP contribution in [-0.4, -0.2) is 28.2 Å². The summed E-state index contributed by atoms with van der Waals surface area (Å²) in [5, 5.41) is 3.14. The number of nitrogens with one attached hydrogen (secondary N) is 1. The first kappa shape index (κ1) is 16.0. The van der Waals surface area contributed by atoms with Crippen molar-refractivity contribution in [2.45, 2.75) is 11.6 Å². The minimum Gasteiger partial charge on any atom is -0.383 e. The van der Waals surface area contributed by atoms with Crippen molar-refractivity contribution in [3.05, 3.63) is 41.7 Å². The van der Waals surface area contributed by atoms with E-state index in [1.807, 2.05) is 0 Å². The molecular weight excluding hydrogens is 305 g/mol. The number of halogens is 1. The lowest BCUT2D eigenvalue weighted by molar-refractivity contribution is -0.118. The fraction of sp³-hybridized carbons (Fsp3) is 0.214. The van der Waals surface area contributed by atoms with Gasteiger partial charge >= 0.3 is 0 Å². The molecule has 0 radical (unpaired) electrons. The van der Waals surface area contributed by atoms with E-state index in [0.717, 1.165) is 17.3 Å². The maximum Gasteiger partial charge on any atom is 0.230 e. The summed E-state index contributed by atoms with van der Waals surface area (Å²) in [6.07, 6.45) is 0.637. The molecule has 0 saturated heterocycles. The van der Waals surface area contributed by atoms with Crippen molar-refractivity contribution < 1.29 is 9.18 Å². The van der Waals surface area contributed by atoms with E-state index in [9.17, 15) is 9.18 Å². The van der Waals surface area contributed by atoms with Crippen molar-refractivity contribution in [3.8, 4) is 0 Å². The van der Waals surface area contributed by atoms with E-state index in [2.05, 4.69) is 15.3 Å². The number of hydrogen-bond donors (Lipinski definition) is 3. The van der Waals surface area contributed by atoms with Crippen LogP contribution in [0.4, 0.5) is 16.0 Å². The molecule has 0 spiro atoms. The van der Waals surface area contributed by atoms with E-state index in [4.69, 9.17) is 11.5 Å². The Morgan fingerprint density at radius 3 is 2.45 bits per heavy atom. The van der Waals surface area contributed by atoms with Gasteiger partial charge in [0.15, 0.2) is 5.16 Å². The summed E-state index contributed by atoms with van der Waals surface area (Å²) in [5.74, 6) is 0.299. The van der Waals surface area contributed by atoms with Gasteiger partial charge in [0.2, 0.25) is 5.91 Å². The van der Waals surface area contributed by atoms with Crippen LogP contribution in [0.2, 0.25) is 0 Å². The Morgan fingerprint density at radius 1 is 1.18 bits per heavy atom. The number of thioether (sulfide) groups is 1. The van der Waals surface area contributed by atoms with Gasteiger partial charge in [0.25, 0.3) is 0 Å². The second kappa shape index (κ2) is 7.60. The molecule has 0 atom stereocenters. The lowest BCUT2D eigenvalue weighted by Gasteiger charge is -2.05. The highest BCUT2D eigenvalue weighted by Crippen LogP contribution is 2.15. The van der Waals surface area contributed by atoms with Crippen molar-refractivity contribution in [2.24, 2.45) is 0 Å². The number of anilines is 2. The molecule has 0 fully saturated rings. The molecular formula is C14H16FN5OS. The number of carbonyl (C=O) groups is 1. The zero-order chi connectivity index (χ0) is 15.9. The summed E-state index contributed by atoms with van der Waals surface area (Å²) >= 11 is 1.16. The van der Waals surface area contributed by atoms with Gasteiger partial charge in [-0.15, -0.1) is 0 Å². The molecule has 1 aromatic heterocycles. The average molecular weight is 321 g/mol. The quantitative estimate of drug-likeness (QED) is 0.546. The third-order valence-corrected chi connectivity index (χ3v) is 3.57. The Labute approximate surface area is 131 Å².